The van der Waals surface area contributed by atoms with E-state index < -0.39 is 5.97 Å². The van der Waals surface area contributed by atoms with Gasteiger partial charge in [-0.05, 0) is 12.1 Å². The lowest BCUT2D eigenvalue weighted by molar-refractivity contribution is 0.0596. The van der Waals surface area contributed by atoms with E-state index >= 15 is 0 Å². The van der Waals surface area contributed by atoms with Gasteiger partial charge in [-0.15, -0.1) is 12.6 Å². The van der Waals surface area contributed by atoms with Gasteiger partial charge in [0.25, 0.3) is 0 Å². The first kappa shape index (κ1) is 11.3. The Morgan fingerprint density at radius 2 is 2.27 bits per heavy atom. The second-order valence-corrected chi connectivity index (χ2v) is 3.09. The van der Waals surface area contributed by atoms with Crippen molar-refractivity contribution in [3.63, 3.8) is 0 Å². The number of thiol groups is 1. The molecule has 0 aliphatic rings. The molecule has 0 saturated carbocycles. The molecule has 0 heterocycles. The number of benzene rings is 1. The van der Waals surface area contributed by atoms with Crippen LogP contribution < -0.4 is 0 Å². The molecule has 0 atom stereocenters. The molecule has 1 rings (SSSR count). The molecule has 0 spiro atoms. The highest BCUT2D eigenvalue weighted by atomic mass is 32.1. The number of hydrogen-bond donors (Lipinski definition) is 1. The molecule has 0 fully saturated rings. The molecule has 76 valence electrons. The molecule has 0 aromatic heterocycles. The average molecular weight is 221 g/mol. The zero-order valence-corrected chi connectivity index (χ0v) is 8.75. The molecule has 1 aromatic rings. The van der Waals surface area contributed by atoms with Crippen molar-refractivity contribution in [1.29, 1.82) is 5.26 Å². The largest absolute Gasteiger partial charge is 0.465 e. The Morgan fingerprint density at radius 1 is 1.60 bits per heavy atom. The Morgan fingerprint density at radius 3 is 2.73 bits per heavy atom. The number of nitrogens with zero attached hydrogens (tertiary/aromatic N) is 1. The number of rotatable bonds is 2. The van der Waals surface area contributed by atoms with Crippen LogP contribution in [0.5, 0.6) is 0 Å². The van der Waals surface area contributed by atoms with E-state index in [1.807, 2.05) is 6.07 Å². The summed E-state index contributed by atoms with van der Waals surface area (Å²) >= 11 is 4.03. The summed E-state index contributed by atoms with van der Waals surface area (Å²) in [6.07, 6.45) is 0.541. The van der Waals surface area contributed by atoms with Crippen molar-refractivity contribution in [3.05, 3.63) is 28.8 Å². The molecule has 0 saturated heterocycles. The van der Waals surface area contributed by atoms with Crippen LogP contribution in [0, 0.1) is 11.3 Å². The standard InChI is InChI=1S/C10H7NO3S/c1-14-10(13)7-3-2-6(5-12)8(4-11)9(7)15/h2-3,5,15H,1H3. The average Bonchev–Trinajstić information content (AvgIpc) is 2.27. The normalized spacial score (nSPS) is 9.13. The van der Waals surface area contributed by atoms with Crippen molar-refractivity contribution < 1.29 is 14.3 Å². The van der Waals surface area contributed by atoms with Gasteiger partial charge >= 0.3 is 5.97 Å². The molecular formula is C10H7NO3S. The molecule has 0 aliphatic heterocycles. The molecule has 4 nitrogen and oxygen atoms in total. The molecule has 0 N–H and O–H groups in total. The number of carbonyl (C=O) groups excluding carboxylic acids is 2. The molecule has 0 bridgehead atoms. The van der Waals surface area contributed by atoms with Crippen LogP contribution in [-0.4, -0.2) is 19.4 Å². The summed E-state index contributed by atoms with van der Waals surface area (Å²) in [4.78, 5) is 22.0. The summed E-state index contributed by atoms with van der Waals surface area (Å²) in [5.74, 6) is -0.589. The van der Waals surface area contributed by atoms with Crippen molar-refractivity contribution in [2.24, 2.45) is 0 Å². The fourth-order valence-electron chi connectivity index (χ4n) is 1.10. The SMILES string of the molecule is COC(=O)c1ccc(C=O)c(C#N)c1S. The van der Waals surface area contributed by atoms with Crippen molar-refractivity contribution in [3.8, 4) is 6.07 Å². The van der Waals surface area contributed by atoms with Crippen LogP contribution in [0.15, 0.2) is 17.0 Å². The van der Waals surface area contributed by atoms with Gasteiger partial charge in [-0.25, -0.2) is 4.79 Å². The number of methoxy groups -OCH3 is 1. The van der Waals surface area contributed by atoms with E-state index in [2.05, 4.69) is 17.4 Å². The van der Waals surface area contributed by atoms with Crippen molar-refractivity contribution >= 4 is 24.9 Å². The Labute approximate surface area is 91.9 Å². The predicted octanol–water partition coefficient (Wildman–Crippen LogP) is 1.45. The van der Waals surface area contributed by atoms with E-state index in [0.29, 0.717) is 6.29 Å². The van der Waals surface area contributed by atoms with E-state index in [1.165, 1.54) is 19.2 Å². The number of hydrogen-bond acceptors (Lipinski definition) is 5. The van der Waals surface area contributed by atoms with E-state index in [-0.39, 0.29) is 21.6 Å². The van der Waals surface area contributed by atoms with Crippen LogP contribution in [0.4, 0.5) is 0 Å². The van der Waals surface area contributed by atoms with Crippen LogP contribution in [-0.2, 0) is 4.74 Å². The third kappa shape index (κ3) is 2.00. The quantitative estimate of drug-likeness (QED) is 0.466. The summed E-state index contributed by atoms with van der Waals surface area (Å²) in [6, 6.07) is 4.61. The Balaban J connectivity index is 3.43. The summed E-state index contributed by atoms with van der Waals surface area (Å²) < 4.78 is 4.50. The van der Waals surface area contributed by atoms with Crippen molar-refractivity contribution in [2.45, 2.75) is 4.90 Å². The van der Waals surface area contributed by atoms with E-state index in [1.54, 1.807) is 0 Å². The van der Waals surface area contributed by atoms with Gasteiger partial charge in [0.1, 0.15) is 6.07 Å². The topological polar surface area (TPSA) is 67.2 Å². The molecule has 0 aliphatic carbocycles. The van der Waals surface area contributed by atoms with Gasteiger partial charge in [0.15, 0.2) is 6.29 Å². The highest BCUT2D eigenvalue weighted by molar-refractivity contribution is 7.80. The first-order chi connectivity index (χ1) is 7.15. The minimum absolute atomic E-state index is 0.0798. The molecule has 1 aromatic carbocycles. The fraction of sp³-hybridized carbons (Fsp3) is 0.100. The van der Waals surface area contributed by atoms with Crippen LogP contribution in [0.3, 0.4) is 0 Å². The summed E-state index contributed by atoms with van der Waals surface area (Å²) in [6.45, 7) is 0. The lowest BCUT2D eigenvalue weighted by Crippen LogP contribution is -2.05. The highest BCUT2D eigenvalue weighted by Gasteiger charge is 2.15. The number of esters is 1. The third-order valence-corrected chi connectivity index (χ3v) is 2.32. The summed E-state index contributed by atoms with van der Waals surface area (Å²) in [7, 11) is 1.23. The lowest BCUT2D eigenvalue weighted by Gasteiger charge is -2.05. The molecule has 0 radical (unpaired) electrons. The van der Waals surface area contributed by atoms with Crippen LogP contribution in [0.25, 0.3) is 0 Å². The van der Waals surface area contributed by atoms with Gasteiger partial charge in [0.05, 0.1) is 18.2 Å². The molecule has 5 heteroatoms. The fourth-order valence-corrected chi connectivity index (χ4v) is 1.44. The Bertz CT molecular complexity index is 462. The summed E-state index contributed by atoms with van der Waals surface area (Å²) in [5, 5.41) is 8.80. The minimum atomic E-state index is -0.589. The van der Waals surface area contributed by atoms with E-state index in [4.69, 9.17) is 5.26 Å². The Hall–Kier alpha value is -1.80. The predicted molar refractivity (Wildman–Crippen MR) is 55.1 cm³/mol. The van der Waals surface area contributed by atoms with Gasteiger partial charge in [-0.1, -0.05) is 0 Å². The Kier molecular flexibility index (Phi) is 3.47. The van der Waals surface area contributed by atoms with Crippen molar-refractivity contribution in [1.82, 2.24) is 0 Å². The van der Waals surface area contributed by atoms with E-state index in [9.17, 15) is 9.59 Å². The minimum Gasteiger partial charge on any atom is -0.465 e. The molecule has 15 heavy (non-hydrogen) atoms. The van der Waals surface area contributed by atoms with Crippen LogP contribution >= 0.6 is 12.6 Å². The van der Waals surface area contributed by atoms with Crippen LogP contribution in [0.1, 0.15) is 26.3 Å². The third-order valence-electron chi connectivity index (χ3n) is 1.85. The van der Waals surface area contributed by atoms with Gasteiger partial charge in [0, 0.05) is 10.5 Å². The molecule has 0 unspecified atom stereocenters. The highest BCUT2D eigenvalue weighted by Crippen LogP contribution is 2.22. The maximum atomic E-state index is 11.2. The maximum absolute atomic E-state index is 11.2. The number of carbonyl (C=O) groups is 2. The first-order valence-corrected chi connectivity index (χ1v) is 4.40. The van der Waals surface area contributed by atoms with Gasteiger partial charge in [-0.2, -0.15) is 5.26 Å². The zero-order chi connectivity index (χ0) is 11.4. The first-order valence-electron chi connectivity index (χ1n) is 3.95. The smallest absolute Gasteiger partial charge is 0.339 e. The summed E-state index contributed by atoms with van der Waals surface area (Å²) in [5.41, 5.74) is 0.453. The molecular weight excluding hydrogens is 214 g/mol. The second-order valence-electron chi connectivity index (χ2n) is 2.65. The lowest BCUT2D eigenvalue weighted by atomic mass is 10.1. The number of nitriles is 1. The maximum Gasteiger partial charge on any atom is 0.339 e. The zero-order valence-electron chi connectivity index (χ0n) is 7.85. The number of aldehydes is 1. The van der Waals surface area contributed by atoms with Gasteiger partial charge < -0.3 is 4.74 Å². The van der Waals surface area contributed by atoms with Gasteiger partial charge in [0.2, 0.25) is 0 Å². The van der Waals surface area contributed by atoms with Crippen molar-refractivity contribution in [2.75, 3.05) is 7.11 Å². The van der Waals surface area contributed by atoms with Crippen LogP contribution in [0.2, 0.25) is 0 Å². The van der Waals surface area contributed by atoms with Gasteiger partial charge in [-0.3, -0.25) is 4.79 Å². The number of ether oxygens (including phenoxy) is 1. The molecule has 0 amide bonds. The monoisotopic (exact) mass is 221 g/mol. The second kappa shape index (κ2) is 4.62. The van der Waals surface area contributed by atoms with E-state index in [0.717, 1.165) is 0 Å².